The summed E-state index contributed by atoms with van der Waals surface area (Å²) in [6.07, 6.45) is 0. The molecular formula is C21H24N2O5S2. The summed E-state index contributed by atoms with van der Waals surface area (Å²) in [5, 5.41) is 0.794. The van der Waals surface area contributed by atoms with Crippen LogP contribution in [0.1, 0.15) is 5.56 Å². The molecule has 1 fully saturated rings. The summed E-state index contributed by atoms with van der Waals surface area (Å²) in [6, 6.07) is 12.9. The first-order chi connectivity index (χ1) is 14.4. The van der Waals surface area contributed by atoms with Gasteiger partial charge in [0, 0.05) is 11.8 Å². The summed E-state index contributed by atoms with van der Waals surface area (Å²) in [5.41, 5.74) is 1.90. The van der Waals surface area contributed by atoms with Crippen LogP contribution in [0.15, 0.2) is 47.5 Å². The molecule has 0 unspecified atom stereocenters. The Hall–Kier alpha value is -2.39. The minimum atomic E-state index is -3.12. The lowest BCUT2D eigenvalue weighted by Crippen LogP contribution is -2.39. The van der Waals surface area contributed by atoms with E-state index in [9.17, 15) is 8.42 Å². The fourth-order valence-electron chi connectivity index (χ4n) is 3.77. The summed E-state index contributed by atoms with van der Waals surface area (Å²) < 4.78 is 40.7. The fraction of sp³-hybridized carbons (Fsp3) is 0.381. The molecule has 0 amide bonds. The van der Waals surface area contributed by atoms with Gasteiger partial charge in [-0.3, -0.25) is 4.99 Å². The molecule has 2 aromatic carbocycles. The average Bonchev–Trinajstić information content (AvgIpc) is 3.22. The number of amidine groups is 1. The van der Waals surface area contributed by atoms with Crippen LogP contribution in [-0.4, -0.2) is 58.5 Å². The molecular weight excluding hydrogens is 424 g/mol. The number of fused-ring (bicyclic) bond motifs is 1. The van der Waals surface area contributed by atoms with Crippen LogP contribution in [0.2, 0.25) is 0 Å². The number of sulfone groups is 1. The first-order valence-electron chi connectivity index (χ1n) is 9.49. The second-order valence-corrected chi connectivity index (χ2v) is 10.3. The Morgan fingerprint density at radius 1 is 1.00 bits per heavy atom. The average molecular weight is 449 g/mol. The van der Waals surface area contributed by atoms with E-state index >= 15 is 0 Å². The van der Waals surface area contributed by atoms with Crippen LogP contribution in [0.5, 0.6) is 17.2 Å². The maximum Gasteiger partial charge on any atom is 0.164 e. The number of nitrogens with zero attached hydrogens (tertiary/aromatic N) is 2. The Morgan fingerprint density at radius 2 is 1.70 bits per heavy atom. The van der Waals surface area contributed by atoms with Gasteiger partial charge in [-0.15, -0.1) is 0 Å². The number of methoxy groups -OCH3 is 3. The predicted octanol–water partition coefficient (Wildman–Crippen LogP) is 2.99. The normalized spacial score (nSPS) is 21.8. The third-order valence-corrected chi connectivity index (χ3v) is 8.02. The van der Waals surface area contributed by atoms with E-state index in [2.05, 4.69) is 0 Å². The molecule has 2 heterocycles. The molecule has 2 aromatic rings. The zero-order valence-electron chi connectivity index (χ0n) is 17.1. The van der Waals surface area contributed by atoms with Crippen molar-refractivity contribution in [2.45, 2.75) is 17.8 Å². The molecule has 4 rings (SSSR count). The molecule has 0 saturated carbocycles. The zero-order valence-corrected chi connectivity index (χ0v) is 18.7. The first kappa shape index (κ1) is 20.9. The Bertz CT molecular complexity index is 1050. The fourth-order valence-corrected chi connectivity index (χ4v) is 6.69. The molecule has 0 spiro atoms. The van der Waals surface area contributed by atoms with E-state index in [1.807, 2.05) is 47.4 Å². The third-order valence-electron chi connectivity index (χ3n) is 5.28. The van der Waals surface area contributed by atoms with Crippen LogP contribution < -0.4 is 19.1 Å². The van der Waals surface area contributed by atoms with Gasteiger partial charge in [-0.05, 0) is 29.8 Å². The largest absolute Gasteiger partial charge is 0.497 e. The molecule has 2 aliphatic heterocycles. The highest BCUT2D eigenvalue weighted by atomic mass is 32.2. The number of thioether (sulfide) groups is 1. The lowest BCUT2D eigenvalue weighted by Gasteiger charge is -2.28. The van der Waals surface area contributed by atoms with Crippen molar-refractivity contribution in [3.8, 4) is 17.2 Å². The van der Waals surface area contributed by atoms with Gasteiger partial charge < -0.3 is 19.1 Å². The van der Waals surface area contributed by atoms with Gasteiger partial charge in [0.1, 0.15) is 17.2 Å². The van der Waals surface area contributed by atoms with E-state index in [-0.39, 0.29) is 23.6 Å². The van der Waals surface area contributed by atoms with Gasteiger partial charge in [-0.2, -0.15) is 0 Å². The van der Waals surface area contributed by atoms with Crippen molar-refractivity contribution >= 4 is 32.5 Å². The molecule has 0 aliphatic carbocycles. The van der Waals surface area contributed by atoms with Crippen molar-refractivity contribution in [3.05, 3.63) is 48.0 Å². The Kier molecular flexibility index (Phi) is 5.84. The van der Waals surface area contributed by atoms with E-state index in [0.717, 1.165) is 22.2 Å². The second kappa shape index (κ2) is 8.39. The third kappa shape index (κ3) is 4.09. The van der Waals surface area contributed by atoms with Gasteiger partial charge in [0.25, 0.3) is 0 Å². The van der Waals surface area contributed by atoms with E-state index in [1.165, 1.54) is 0 Å². The van der Waals surface area contributed by atoms with Crippen molar-refractivity contribution in [3.63, 3.8) is 0 Å². The highest BCUT2D eigenvalue weighted by Crippen LogP contribution is 2.41. The van der Waals surface area contributed by atoms with E-state index in [0.29, 0.717) is 17.3 Å². The Morgan fingerprint density at radius 3 is 2.37 bits per heavy atom. The maximum atomic E-state index is 12.3. The minimum absolute atomic E-state index is 0.0764. The second-order valence-electron chi connectivity index (χ2n) is 7.17. The Labute approximate surface area is 181 Å². The Balaban J connectivity index is 1.65. The minimum Gasteiger partial charge on any atom is -0.497 e. The van der Waals surface area contributed by atoms with Gasteiger partial charge in [0.05, 0.1) is 50.6 Å². The van der Waals surface area contributed by atoms with E-state index in [1.54, 1.807) is 33.1 Å². The number of hydrogen-bond acceptors (Lipinski definition) is 8. The van der Waals surface area contributed by atoms with Crippen LogP contribution in [-0.2, 0) is 15.6 Å². The van der Waals surface area contributed by atoms with Crippen molar-refractivity contribution in [2.24, 2.45) is 4.99 Å². The molecule has 2 aliphatic rings. The molecule has 160 valence electrons. The quantitative estimate of drug-likeness (QED) is 0.672. The number of rotatable bonds is 6. The monoisotopic (exact) mass is 448 g/mol. The topological polar surface area (TPSA) is 77.4 Å². The standard InChI is InChI=1S/C21H24N2O5S2/c1-26-15-6-4-14(5-7-15)11-29-21-22-17-12-30(24,25)13-19(17)23(21)18-10-16(27-2)8-9-20(18)28-3/h4-10,17,19H,11-13H2,1-3H3/t17-,19+/m0/s1. The lowest BCUT2D eigenvalue weighted by atomic mass is 10.1. The van der Waals surface area contributed by atoms with Crippen molar-refractivity contribution in [1.82, 2.24) is 0 Å². The van der Waals surface area contributed by atoms with Gasteiger partial charge in [-0.25, -0.2) is 8.42 Å². The van der Waals surface area contributed by atoms with Gasteiger partial charge >= 0.3 is 0 Å². The molecule has 0 bridgehead atoms. The van der Waals surface area contributed by atoms with E-state index < -0.39 is 9.84 Å². The molecule has 7 nitrogen and oxygen atoms in total. The SMILES string of the molecule is COc1ccc(CSC2=N[C@H]3CS(=O)(=O)C[C@H]3N2c2cc(OC)ccc2OC)cc1. The van der Waals surface area contributed by atoms with Crippen LogP contribution in [0.25, 0.3) is 0 Å². The molecule has 9 heteroatoms. The molecule has 2 atom stereocenters. The van der Waals surface area contributed by atoms with Crippen molar-refractivity contribution < 1.29 is 22.6 Å². The smallest absolute Gasteiger partial charge is 0.164 e. The summed E-state index contributed by atoms with van der Waals surface area (Å²) in [5.74, 6) is 3.00. The van der Waals surface area contributed by atoms with Gasteiger partial charge in [0.15, 0.2) is 15.0 Å². The maximum absolute atomic E-state index is 12.3. The molecule has 1 saturated heterocycles. The first-order valence-corrected chi connectivity index (χ1v) is 12.3. The molecule has 0 radical (unpaired) electrons. The van der Waals surface area contributed by atoms with Gasteiger partial charge in [-0.1, -0.05) is 23.9 Å². The summed E-state index contributed by atoms with van der Waals surface area (Å²) >= 11 is 1.59. The summed E-state index contributed by atoms with van der Waals surface area (Å²) in [4.78, 5) is 6.79. The number of ether oxygens (including phenoxy) is 3. The van der Waals surface area contributed by atoms with Crippen LogP contribution in [0.3, 0.4) is 0 Å². The van der Waals surface area contributed by atoms with Crippen LogP contribution in [0.4, 0.5) is 5.69 Å². The zero-order chi connectivity index (χ0) is 21.3. The van der Waals surface area contributed by atoms with Gasteiger partial charge in [0.2, 0.25) is 0 Å². The highest BCUT2D eigenvalue weighted by molar-refractivity contribution is 8.13. The number of benzene rings is 2. The number of aliphatic imine (C=N–C) groups is 1. The number of anilines is 1. The number of hydrogen-bond donors (Lipinski definition) is 0. The van der Waals surface area contributed by atoms with Crippen LogP contribution >= 0.6 is 11.8 Å². The van der Waals surface area contributed by atoms with Crippen LogP contribution in [0, 0.1) is 0 Å². The lowest BCUT2D eigenvalue weighted by molar-refractivity contribution is 0.403. The van der Waals surface area contributed by atoms with Crippen molar-refractivity contribution in [2.75, 3.05) is 37.7 Å². The molecule has 0 N–H and O–H groups in total. The summed E-state index contributed by atoms with van der Waals surface area (Å²) in [7, 11) is 1.72. The predicted molar refractivity (Wildman–Crippen MR) is 120 cm³/mol. The van der Waals surface area contributed by atoms with E-state index in [4.69, 9.17) is 19.2 Å². The molecule has 30 heavy (non-hydrogen) atoms. The molecule has 0 aromatic heterocycles. The van der Waals surface area contributed by atoms with Crippen molar-refractivity contribution in [1.29, 1.82) is 0 Å². The summed E-state index contributed by atoms with van der Waals surface area (Å²) in [6.45, 7) is 0. The highest BCUT2D eigenvalue weighted by Gasteiger charge is 2.47.